The third-order valence-corrected chi connectivity index (χ3v) is 6.90. The number of anilines is 2. The van der Waals surface area contributed by atoms with Gasteiger partial charge in [0.05, 0.1) is 51.4 Å². The van der Waals surface area contributed by atoms with Crippen LogP contribution in [0.15, 0.2) is 88.5 Å². The molecule has 2 heterocycles. The van der Waals surface area contributed by atoms with Gasteiger partial charge in [0, 0.05) is 15.9 Å². The summed E-state index contributed by atoms with van der Waals surface area (Å²) in [5, 5.41) is 4.51. The van der Waals surface area contributed by atoms with Crippen molar-refractivity contribution in [3.63, 3.8) is 0 Å². The Balaban J connectivity index is 1.62. The van der Waals surface area contributed by atoms with Crippen molar-refractivity contribution in [3.05, 3.63) is 94.5 Å². The van der Waals surface area contributed by atoms with Crippen LogP contribution in [0.1, 0.15) is 25.0 Å². The summed E-state index contributed by atoms with van der Waals surface area (Å²) in [6.07, 6.45) is 5.40. The van der Waals surface area contributed by atoms with Crippen LogP contribution in [-0.2, 0) is 0 Å². The van der Waals surface area contributed by atoms with Gasteiger partial charge in [0.15, 0.2) is 0 Å². The fraction of sp³-hybridized carbons (Fsp3) is 0.179. The number of hydrogen-bond acceptors (Lipinski definition) is 4. The first-order chi connectivity index (χ1) is 16.6. The topological polar surface area (TPSA) is 55.1 Å². The minimum absolute atomic E-state index is 0.378. The van der Waals surface area contributed by atoms with E-state index < -0.39 is 0 Å². The summed E-state index contributed by atoms with van der Waals surface area (Å²) < 4.78 is 3.33. The molecule has 0 atom stereocenters. The lowest BCUT2D eigenvalue weighted by molar-refractivity contribution is 0.413. The van der Waals surface area contributed by atoms with Crippen molar-refractivity contribution in [2.24, 2.45) is 4.99 Å². The number of nitrogens with zero attached hydrogens (tertiary/aromatic N) is 4. The summed E-state index contributed by atoms with van der Waals surface area (Å²) in [6.45, 7) is 1.99. The molecule has 3 aliphatic rings. The van der Waals surface area contributed by atoms with Crippen LogP contribution < -0.4 is 10.7 Å². The molecule has 2 aliphatic carbocycles. The number of benzene rings is 3. The third-order valence-electron chi connectivity index (χ3n) is 6.37. The third kappa shape index (κ3) is 3.99. The summed E-state index contributed by atoms with van der Waals surface area (Å²) in [5.41, 5.74) is 7.94. The molecule has 0 saturated heterocycles. The minimum atomic E-state index is 0.378. The van der Waals surface area contributed by atoms with E-state index in [1.54, 1.807) is 0 Å². The highest BCUT2D eigenvalue weighted by Gasteiger charge is 2.19. The Morgan fingerprint density at radius 2 is 1.82 bits per heavy atom. The van der Waals surface area contributed by atoms with E-state index in [2.05, 4.69) is 91.5 Å². The van der Waals surface area contributed by atoms with E-state index in [1.807, 2.05) is 25.3 Å². The normalized spacial score (nSPS) is 14.5. The Labute approximate surface area is 206 Å². The highest BCUT2D eigenvalue weighted by atomic mass is 79.9. The van der Waals surface area contributed by atoms with Gasteiger partial charge in [-0.25, -0.2) is 4.98 Å². The van der Waals surface area contributed by atoms with E-state index in [9.17, 15) is 0 Å². The number of rotatable bonds is 4. The van der Waals surface area contributed by atoms with Gasteiger partial charge in [0.25, 0.3) is 0 Å². The maximum absolute atomic E-state index is 5.13. The molecule has 1 aliphatic heterocycles. The summed E-state index contributed by atoms with van der Waals surface area (Å²) in [4.78, 5) is 14.6. The summed E-state index contributed by atoms with van der Waals surface area (Å²) >= 11 is 3.57. The predicted octanol–water partition coefficient (Wildman–Crippen LogP) is 6.79. The second-order valence-electron chi connectivity index (χ2n) is 8.80. The molecule has 0 spiro atoms. The largest absolute Gasteiger partial charge is 0.352 e. The quantitative estimate of drug-likeness (QED) is 0.271. The average molecular weight is 510 g/mol. The van der Waals surface area contributed by atoms with Gasteiger partial charge in [-0.05, 0) is 86.8 Å². The molecule has 2 aromatic carbocycles. The van der Waals surface area contributed by atoms with Gasteiger partial charge >= 0.3 is 0 Å². The zero-order valence-corrected chi connectivity index (χ0v) is 20.5. The first kappa shape index (κ1) is 21.1. The highest BCUT2D eigenvalue weighted by molar-refractivity contribution is 9.10. The predicted molar refractivity (Wildman–Crippen MR) is 141 cm³/mol. The maximum Gasteiger partial charge on any atom is 0.0900 e. The molecule has 1 fully saturated rings. The lowest BCUT2D eigenvalue weighted by atomic mass is 9.94. The molecule has 0 unspecified atom stereocenters. The molecule has 3 aromatic rings. The average Bonchev–Trinajstić information content (AvgIpc) is 2.82. The lowest BCUT2D eigenvalue weighted by Gasteiger charge is -2.23. The number of fused-ring (bicyclic) bond motifs is 2. The molecular formula is C28H24BrN5. The SMILES string of the molecule is Cc1ccc(Nc2cc3nc4ccccc4n(-c4ccc(Br)cc4)c-3cc2=NC2CCC2)cn1. The van der Waals surface area contributed by atoms with E-state index in [0.29, 0.717) is 6.04 Å². The number of para-hydroxylation sites is 2. The summed E-state index contributed by atoms with van der Waals surface area (Å²) in [7, 11) is 0. The van der Waals surface area contributed by atoms with Crippen LogP contribution in [0.25, 0.3) is 28.1 Å². The molecule has 0 radical (unpaired) electrons. The van der Waals surface area contributed by atoms with Crippen molar-refractivity contribution in [3.8, 4) is 17.1 Å². The number of pyridine rings is 1. The molecule has 1 aromatic heterocycles. The summed E-state index contributed by atoms with van der Waals surface area (Å²) in [5.74, 6) is 0. The fourth-order valence-electron chi connectivity index (χ4n) is 4.33. The molecule has 1 saturated carbocycles. The van der Waals surface area contributed by atoms with Crippen molar-refractivity contribution in [1.82, 2.24) is 14.5 Å². The minimum Gasteiger partial charge on any atom is -0.352 e. The van der Waals surface area contributed by atoms with Crippen molar-refractivity contribution in [1.29, 1.82) is 0 Å². The zero-order valence-electron chi connectivity index (χ0n) is 18.9. The number of aryl methyl sites for hydroxylation is 1. The van der Waals surface area contributed by atoms with Gasteiger partial charge in [-0.1, -0.05) is 28.1 Å². The van der Waals surface area contributed by atoms with Crippen molar-refractivity contribution < 1.29 is 0 Å². The number of aromatic nitrogens is 3. The Bertz CT molecular complexity index is 1520. The van der Waals surface area contributed by atoms with E-state index in [4.69, 9.17) is 9.98 Å². The van der Waals surface area contributed by atoms with Crippen molar-refractivity contribution >= 4 is 38.3 Å². The Kier molecular flexibility index (Phi) is 5.38. The molecule has 1 N–H and O–H groups in total. The molecule has 34 heavy (non-hydrogen) atoms. The van der Waals surface area contributed by atoms with Gasteiger partial charge in [-0.3, -0.25) is 9.98 Å². The van der Waals surface area contributed by atoms with Crippen LogP contribution in [0.3, 0.4) is 0 Å². The van der Waals surface area contributed by atoms with E-state index in [0.717, 1.165) is 67.8 Å². The molecular weight excluding hydrogens is 486 g/mol. The highest BCUT2D eigenvalue weighted by Crippen LogP contribution is 2.31. The second-order valence-corrected chi connectivity index (χ2v) is 9.71. The van der Waals surface area contributed by atoms with Crippen LogP contribution in [-0.4, -0.2) is 20.6 Å². The Morgan fingerprint density at radius 1 is 1.00 bits per heavy atom. The Morgan fingerprint density at radius 3 is 2.56 bits per heavy atom. The maximum atomic E-state index is 5.13. The van der Waals surface area contributed by atoms with Crippen LogP contribution in [0.2, 0.25) is 0 Å². The number of nitrogens with one attached hydrogen (secondary N) is 1. The van der Waals surface area contributed by atoms with Crippen molar-refractivity contribution in [2.45, 2.75) is 32.2 Å². The van der Waals surface area contributed by atoms with E-state index in [1.165, 1.54) is 6.42 Å². The number of hydrogen-bond donors (Lipinski definition) is 1. The molecule has 168 valence electrons. The Hall–Kier alpha value is -3.51. The standard InChI is InChI=1S/C28H24BrN5/c1-18-9-12-21(17-30-18)32-24-15-26-28(16-25(24)31-20-5-4-6-20)34(22-13-10-19(29)11-14-22)27-8-3-2-7-23(27)33-26/h2-3,7-17,20,32H,4-6H2,1H3. The zero-order chi connectivity index (χ0) is 23.1. The molecule has 5 nitrogen and oxygen atoms in total. The molecule has 0 bridgehead atoms. The molecule has 6 rings (SSSR count). The molecule has 0 amide bonds. The number of halogens is 1. The van der Waals surface area contributed by atoms with Gasteiger partial charge in [-0.2, -0.15) is 0 Å². The monoisotopic (exact) mass is 509 g/mol. The van der Waals surface area contributed by atoms with Gasteiger partial charge in [0.2, 0.25) is 0 Å². The lowest BCUT2D eigenvalue weighted by Crippen LogP contribution is -2.22. The molecule has 6 heteroatoms. The van der Waals surface area contributed by atoms with E-state index in [-0.39, 0.29) is 0 Å². The summed E-state index contributed by atoms with van der Waals surface area (Å²) in [6, 6.07) is 25.4. The van der Waals surface area contributed by atoms with Crippen LogP contribution in [0.5, 0.6) is 0 Å². The van der Waals surface area contributed by atoms with Gasteiger partial charge < -0.3 is 9.88 Å². The fourth-order valence-corrected chi connectivity index (χ4v) is 4.59. The smallest absolute Gasteiger partial charge is 0.0900 e. The first-order valence-electron chi connectivity index (χ1n) is 11.6. The van der Waals surface area contributed by atoms with Gasteiger partial charge in [-0.15, -0.1) is 0 Å². The second kappa shape index (κ2) is 8.69. The van der Waals surface area contributed by atoms with Crippen LogP contribution >= 0.6 is 15.9 Å². The van der Waals surface area contributed by atoms with Crippen molar-refractivity contribution in [2.75, 3.05) is 5.32 Å². The van der Waals surface area contributed by atoms with Gasteiger partial charge in [0.1, 0.15) is 0 Å². The van der Waals surface area contributed by atoms with E-state index >= 15 is 0 Å². The first-order valence-corrected chi connectivity index (χ1v) is 12.4. The van der Waals surface area contributed by atoms with Crippen LogP contribution in [0.4, 0.5) is 11.4 Å². The van der Waals surface area contributed by atoms with Crippen LogP contribution in [0, 0.1) is 6.92 Å².